The van der Waals surface area contributed by atoms with Gasteiger partial charge in [0.15, 0.2) is 0 Å². The number of alkyl carbamates (subject to hydrolysis) is 1. The van der Waals surface area contributed by atoms with Gasteiger partial charge in [0.1, 0.15) is 5.60 Å². The summed E-state index contributed by atoms with van der Waals surface area (Å²) in [4.78, 5) is 49.4. The topological polar surface area (TPSA) is 130 Å². The lowest BCUT2D eigenvalue weighted by molar-refractivity contribution is 0.0496. The molecule has 0 spiro atoms. The third-order valence-corrected chi connectivity index (χ3v) is 4.84. The number of rotatable bonds is 4. The van der Waals surface area contributed by atoms with E-state index >= 15 is 0 Å². The summed E-state index contributed by atoms with van der Waals surface area (Å²) < 4.78 is 6.69. The number of nitrogens with zero attached hydrogens (tertiary/aromatic N) is 2. The van der Waals surface area contributed by atoms with Crippen LogP contribution in [0, 0.1) is 0 Å². The number of amides is 3. The number of hydrogen-bond acceptors (Lipinski definition) is 5. The normalized spacial score (nSPS) is 18.2. The summed E-state index contributed by atoms with van der Waals surface area (Å²) >= 11 is 0. The number of carbonyl (C=O) groups excluding carboxylic acids is 2. The second-order valence-corrected chi connectivity index (χ2v) is 8.48. The lowest BCUT2D eigenvalue weighted by Gasteiger charge is -2.24. The number of carboxylic acid groups (broad SMARTS) is 1. The molecule has 2 atom stereocenters. The predicted molar refractivity (Wildman–Crippen MR) is 116 cm³/mol. The SMILES string of the molecule is CC(C)(C)OC(=O)N[C@@H]1CN(C(=O)O)C[C@@H]1NC(=O)c1ccc(-n2ccccc2=O)cc1. The molecule has 3 N–H and O–H groups in total. The highest BCUT2D eigenvalue weighted by molar-refractivity contribution is 5.94. The molecule has 1 saturated heterocycles. The minimum Gasteiger partial charge on any atom is -0.465 e. The van der Waals surface area contributed by atoms with E-state index in [0.29, 0.717) is 11.3 Å². The summed E-state index contributed by atoms with van der Waals surface area (Å²) in [5, 5.41) is 14.8. The van der Waals surface area contributed by atoms with Gasteiger partial charge in [0.25, 0.3) is 11.5 Å². The molecule has 10 heteroatoms. The summed E-state index contributed by atoms with van der Waals surface area (Å²) in [7, 11) is 0. The molecular formula is C22H26N4O6. The fourth-order valence-corrected chi connectivity index (χ4v) is 3.38. The van der Waals surface area contributed by atoms with Gasteiger partial charge in [0.05, 0.1) is 12.1 Å². The maximum Gasteiger partial charge on any atom is 0.408 e. The van der Waals surface area contributed by atoms with Gasteiger partial charge in [-0.1, -0.05) is 6.07 Å². The highest BCUT2D eigenvalue weighted by Gasteiger charge is 2.38. The van der Waals surface area contributed by atoms with Gasteiger partial charge in [-0.05, 0) is 51.1 Å². The molecular weight excluding hydrogens is 416 g/mol. The lowest BCUT2D eigenvalue weighted by atomic mass is 10.1. The van der Waals surface area contributed by atoms with Crippen molar-refractivity contribution in [2.24, 2.45) is 0 Å². The smallest absolute Gasteiger partial charge is 0.408 e. The van der Waals surface area contributed by atoms with E-state index in [-0.39, 0.29) is 18.6 Å². The summed E-state index contributed by atoms with van der Waals surface area (Å²) in [5.74, 6) is -0.426. The quantitative estimate of drug-likeness (QED) is 0.662. The Balaban J connectivity index is 1.71. The average molecular weight is 442 g/mol. The molecule has 1 aromatic heterocycles. The van der Waals surface area contributed by atoms with Crippen LogP contribution >= 0.6 is 0 Å². The molecule has 170 valence electrons. The first kappa shape index (κ1) is 22.9. The molecule has 32 heavy (non-hydrogen) atoms. The van der Waals surface area contributed by atoms with Crippen molar-refractivity contribution in [3.63, 3.8) is 0 Å². The molecule has 0 saturated carbocycles. The Morgan fingerprint density at radius 3 is 2.19 bits per heavy atom. The summed E-state index contributed by atoms with van der Waals surface area (Å²) in [6, 6.07) is 9.96. The van der Waals surface area contributed by atoms with Crippen molar-refractivity contribution in [3.05, 3.63) is 64.6 Å². The fourth-order valence-electron chi connectivity index (χ4n) is 3.38. The van der Waals surface area contributed by atoms with E-state index in [1.54, 1.807) is 63.4 Å². The monoisotopic (exact) mass is 442 g/mol. The van der Waals surface area contributed by atoms with Crippen molar-refractivity contribution in [3.8, 4) is 5.69 Å². The van der Waals surface area contributed by atoms with E-state index in [2.05, 4.69) is 10.6 Å². The van der Waals surface area contributed by atoms with Crippen molar-refractivity contribution < 1.29 is 24.2 Å². The first-order chi connectivity index (χ1) is 15.0. The largest absolute Gasteiger partial charge is 0.465 e. The number of benzene rings is 1. The van der Waals surface area contributed by atoms with Gasteiger partial charge in [0.2, 0.25) is 0 Å². The molecule has 1 fully saturated rings. The summed E-state index contributed by atoms with van der Waals surface area (Å²) in [6.07, 6.45) is -0.203. The van der Waals surface area contributed by atoms with Gasteiger partial charge in [0, 0.05) is 36.6 Å². The first-order valence-corrected chi connectivity index (χ1v) is 10.1. The van der Waals surface area contributed by atoms with Gasteiger partial charge < -0.3 is 25.4 Å². The maximum atomic E-state index is 12.8. The second kappa shape index (κ2) is 9.13. The van der Waals surface area contributed by atoms with Crippen molar-refractivity contribution in [1.29, 1.82) is 0 Å². The van der Waals surface area contributed by atoms with Crippen molar-refractivity contribution in [1.82, 2.24) is 20.1 Å². The molecule has 0 aliphatic carbocycles. The van der Waals surface area contributed by atoms with E-state index < -0.39 is 35.8 Å². The highest BCUT2D eigenvalue weighted by Crippen LogP contribution is 2.15. The van der Waals surface area contributed by atoms with Crippen LogP contribution in [0.2, 0.25) is 0 Å². The maximum absolute atomic E-state index is 12.8. The third kappa shape index (κ3) is 5.65. The lowest BCUT2D eigenvalue weighted by Crippen LogP contribution is -2.51. The molecule has 2 heterocycles. The van der Waals surface area contributed by atoms with Crippen molar-refractivity contribution in [2.75, 3.05) is 13.1 Å². The molecule has 3 rings (SSSR count). The highest BCUT2D eigenvalue weighted by atomic mass is 16.6. The van der Waals surface area contributed by atoms with Gasteiger partial charge >= 0.3 is 12.2 Å². The van der Waals surface area contributed by atoms with Crippen LogP contribution in [-0.2, 0) is 4.74 Å². The zero-order valence-corrected chi connectivity index (χ0v) is 18.1. The molecule has 0 unspecified atom stereocenters. The van der Waals surface area contributed by atoms with E-state index in [9.17, 15) is 24.3 Å². The molecule has 10 nitrogen and oxygen atoms in total. The van der Waals surface area contributed by atoms with Crippen LogP contribution in [-0.4, -0.2) is 63.4 Å². The van der Waals surface area contributed by atoms with Gasteiger partial charge in [-0.25, -0.2) is 9.59 Å². The second-order valence-electron chi connectivity index (χ2n) is 8.48. The Morgan fingerprint density at radius 1 is 1.00 bits per heavy atom. The minimum absolute atomic E-state index is 0.0232. The van der Waals surface area contributed by atoms with Gasteiger partial charge in [-0.2, -0.15) is 0 Å². The van der Waals surface area contributed by atoms with Crippen LogP contribution in [0.15, 0.2) is 53.5 Å². The van der Waals surface area contributed by atoms with E-state index in [1.165, 1.54) is 10.6 Å². The van der Waals surface area contributed by atoms with Crippen molar-refractivity contribution >= 4 is 18.1 Å². The predicted octanol–water partition coefficient (Wildman–Crippen LogP) is 1.82. The summed E-state index contributed by atoms with van der Waals surface area (Å²) in [5.41, 5.74) is 0.0358. The number of carbonyl (C=O) groups is 3. The minimum atomic E-state index is -1.14. The van der Waals surface area contributed by atoms with Crippen LogP contribution < -0.4 is 16.2 Å². The Bertz CT molecular complexity index is 1060. The molecule has 1 aliphatic heterocycles. The Kier molecular flexibility index (Phi) is 6.52. The molecule has 2 aromatic rings. The number of nitrogens with one attached hydrogen (secondary N) is 2. The van der Waals surface area contributed by atoms with Crippen LogP contribution in [0.5, 0.6) is 0 Å². The third-order valence-electron chi connectivity index (χ3n) is 4.84. The van der Waals surface area contributed by atoms with Crippen LogP contribution in [0.3, 0.4) is 0 Å². The van der Waals surface area contributed by atoms with Crippen LogP contribution in [0.1, 0.15) is 31.1 Å². The van der Waals surface area contributed by atoms with Crippen LogP contribution in [0.25, 0.3) is 5.69 Å². The number of likely N-dealkylation sites (tertiary alicyclic amines) is 1. The van der Waals surface area contributed by atoms with Crippen molar-refractivity contribution in [2.45, 2.75) is 38.5 Å². The van der Waals surface area contributed by atoms with E-state index in [0.717, 1.165) is 4.90 Å². The van der Waals surface area contributed by atoms with E-state index in [1.807, 2.05) is 0 Å². The Hall–Kier alpha value is -3.82. The average Bonchev–Trinajstić information content (AvgIpc) is 3.09. The Labute approximate surface area is 184 Å². The molecule has 3 amide bonds. The molecule has 1 aliphatic rings. The number of hydrogen-bond donors (Lipinski definition) is 3. The van der Waals surface area contributed by atoms with Gasteiger partial charge in [-0.3, -0.25) is 14.2 Å². The molecule has 0 radical (unpaired) electrons. The summed E-state index contributed by atoms with van der Waals surface area (Å²) in [6.45, 7) is 5.21. The number of aromatic nitrogens is 1. The fraction of sp³-hybridized carbons (Fsp3) is 0.364. The molecule has 1 aromatic carbocycles. The van der Waals surface area contributed by atoms with Crippen LogP contribution in [0.4, 0.5) is 9.59 Å². The number of pyridine rings is 1. The molecule has 0 bridgehead atoms. The first-order valence-electron chi connectivity index (χ1n) is 10.1. The zero-order chi connectivity index (χ0) is 23.5. The number of ether oxygens (including phenoxy) is 1. The Morgan fingerprint density at radius 2 is 1.62 bits per heavy atom. The zero-order valence-electron chi connectivity index (χ0n) is 18.1. The van der Waals surface area contributed by atoms with E-state index in [4.69, 9.17) is 4.74 Å². The van der Waals surface area contributed by atoms with Gasteiger partial charge in [-0.15, -0.1) is 0 Å². The standard InChI is InChI=1S/C22H26N4O6/c1-22(2,3)32-20(29)24-17-13-25(21(30)31)12-16(17)23-19(28)14-7-9-15(10-8-14)26-11-5-4-6-18(26)27/h4-11,16-17H,12-13H2,1-3H3,(H,23,28)(H,24,29)(H,30,31)/t16-,17+/m0/s1.